The zero-order valence-electron chi connectivity index (χ0n) is 9.92. The summed E-state index contributed by atoms with van der Waals surface area (Å²) in [6, 6.07) is 8.44. The molecule has 1 rings (SSSR count). The number of benzene rings is 1. The Balaban J connectivity index is 2.50. The van der Waals surface area contributed by atoms with Crippen LogP contribution < -0.4 is 10.6 Å². The lowest BCUT2D eigenvalue weighted by Gasteiger charge is -2.09. The largest absolute Gasteiger partial charge is 0.358 e. The Morgan fingerprint density at radius 3 is 2.56 bits per heavy atom. The summed E-state index contributed by atoms with van der Waals surface area (Å²) in [5, 5.41) is 6.30. The highest BCUT2D eigenvalue weighted by Crippen LogP contribution is 2.12. The molecule has 0 fully saturated rings. The molecule has 1 aromatic carbocycles. The number of anilines is 1. The molecule has 2 N–H and O–H groups in total. The molecule has 1 aromatic rings. The number of aryl methyl sites for hydroxylation is 1. The molecule has 0 heterocycles. The van der Waals surface area contributed by atoms with Gasteiger partial charge in [-0.1, -0.05) is 24.8 Å². The summed E-state index contributed by atoms with van der Waals surface area (Å²) in [6.45, 7) is 8.42. The summed E-state index contributed by atoms with van der Waals surface area (Å²) in [5.41, 5.74) is 3.40. The number of hydrogen-bond acceptors (Lipinski definition) is 2. The van der Waals surface area contributed by atoms with Gasteiger partial charge < -0.3 is 10.6 Å². The van der Waals surface area contributed by atoms with Gasteiger partial charge in [-0.3, -0.25) is 0 Å². The molecule has 0 bridgehead atoms. The van der Waals surface area contributed by atoms with Gasteiger partial charge in [0.15, 0.2) is 0 Å². The Bertz CT molecular complexity index is 338. The number of nitrogens with one attached hydrogen (secondary N) is 2. The van der Waals surface area contributed by atoms with Gasteiger partial charge in [0.25, 0.3) is 0 Å². The minimum absolute atomic E-state index is 0.776. The monoisotopic (exact) mass is 216 g/mol. The molecule has 0 aliphatic carbocycles. The van der Waals surface area contributed by atoms with E-state index in [2.05, 4.69) is 48.1 Å². The zero-order chi connectivity index (χ0) is 11.8. The van der Waals surface area contributed by atoms with E-state index in [1.54, 1.807) is 0 Å². The van der Waals surface area contributed by atoms with Crippen molar-refractivity contribution in [3.05, 3.63) is 54.8 Å². The first-order valence-corrected chi connectivity index (χ1v) is 5.55. The van der Waals surface area contributed by atoms with Crippen molar-refractivity contribution in [2.24, 2.45) is 0 Å². The van der Waals surface area contributed by atoms with Gasteiger partial charge in [0, 0.05) is 17.9 Å². The van der Waals surface area contributed by atoms with Gasteiger partial charge in [-0.15, -0.1) is 6.58 Å². The Hall–Kier alpha value is -1.54. The first-order valence-electron chi connectivity index (χ1n) is 5.55. The second-order valence-corrected chi connectivity index (χ2v) is 3.78. The van der Waals surface area contributed by atoms with Crippen molar-refractivity contribution < 1.29 is 0 Å². The van der Waals surface area contributed by atoms with E-state index in [4.69, 9.17) is 0 Å². The fourth-order valence-corrected chi connectivity index (χ4v) is 1.49. The molecule has 2 nitrogen and oxygen atoms in total. The summed E-state index contributed by atoms with van der Waals surface area (Å²) in [6.07, 6.45) is 4.03. The van der Waals surface area contributed by atoms with Gasteiger partial charge in [-0.25, -0.2) is 0 Å². The lowest BCUT2D eigenvalue weighted by Crippen LogP contribution is -2.14. The fourth-order valence-electron chi connectivity index (χ4n) is 1.49. The Kier molecular flexibility index (Phi) is 5.37. The maximum atomic E-state index is 3.92. The summed E-state index contributed by atoms with van der Waals surface area (Å²) >= 11 is 0. The maximum absolute atomic E-state index is 3.92. The van der Waals surface area contributed by atoms with Crippen LogP contribution in [0.1, 0.15) is 12.0 Å². The molecule has 2 heteroatoms. The van der Waals surface area contributed by atoms with Crippen molar-refractivity contribution in [3.8, 4) is 0 Å². The zero-order valence-corrected chi connectivity index (χ0v) is 9.92. The van der Waals surface area contributed by atoms with E-state index in [-0.39, 0.29) is 0 Å². The van der Waals surface area contributed by atoms with E-state index in [1.807, 2.05) is 13.1 Å². The van der Waals surface area contributed by atoms with Gasteiger partial charge in [0.2, 0.25) is 0 Å². The van der Waals surface area contributed by atoms with Crippen molar-refractivity contribution in [1.29, 1.82) is 0 Å². The van der Waals surface area contributed by atoms with E-state index in [0.717, 1.165) is 30.8 Å². The Labute approximate surface area is 98.1 Å². The molecule has 0 saturated carbocycles. The highest BCUT2D eigenvalue weighted by molar-refractivity contribution is 5.49. The second kappa shape index (κ2) is 6.85. The molecule has 0 unspecified atom stereocenters. The van der Waals surface area contributed by atoms with Crippen molar-refractivity contribution in [2.75, 3.05) is 18.9 Å². The molecule has 0 aliphatic heterocycles. The predicted molar refractivity (Wildman–Crippen MR) is 71.6 cm³/mol. The molecule has 0 saturated heterocycles. The normalized spacial score (nSPS) is 9.81. The van der Waals surface area contributed by atoms with E-state index < -0.39 is 0 Å². The van der Waals surface area contributed by atoms with Crippen LogP contribution in [-0.4, -0.2) is 13.6 Å². The fraction of sp³-hybridized carbons (Fsp3) is 0.286. The van der Waals surface area contributed by atoms with Crippen molar-refractivity contribution >= 4 is 5.69 Å². The first-order chi connectivity index (χ1) is 7.76. The Morgan fingerprint density at radius 2 is 2.00 bits per heavy atom. The topological polar surface area (TPSA) is 24.1 Å². The molecule has 16 heavy (non-hydrogen) atoms. The average molecular weight is 216 g/mol. The van der Waals surface area contributed by atoms with Gasteiger partial charge in [0.1, 0.15) is 0 Å². The lowest BCUT2D eigenvalue weighted by atomic mass is 10.1. The van der Waals surface area contributed by atoms with Crippen LogP contribution in [0.2, 0.25) is 0 Å². The van der Waals surface area contributed by atoms with Crippen LogP contribution >= 0.6 is 0 Å². The molecular weight excluding hydrogens is 196 g/mol. The van der Waals surface area contributed by atoms with Crippen molar-refractivity contribution in [1.82, 2.24) is 5.32 Å². The van der Waals surface area contributed by atoms with E-state index in [9.17, 15) is 0 Å². The SMILES string of the molecule is C=CCCc1ccc(NC(=C)CNC)cc1. The second-order valence-electron chi connectivity index (χ2n) is 3.78. The highest BCUT2D eigenvalue weighted by atomic mass is 14.9. The highest BCUT2D eigenvalue weighted by Gasteiger charge is 1.95. The van der Waals surface area contributed by atoms with Gasteiger partial charge in [0.05, 0.1) is 0 Å². The van der Waals surface area contributed by atoms with Crippen LogP contribution in [0.4, 0.5) is 5.69 Å². The van der Waals surface area contributed by atoms with Gasteiger partial charge in [-0.2, -0.15) is 0 Å². The first kappa shape index (κ1) is 12.5. The third-order valence-electron chi connectivity index (χ3n) is 2.30. The smallest absolute Gasteiger partial charge is 0.0382 e. The lowest BCUT2D eigenvalue weighted by molar-refractivity contribution is 0.886. The van der Waals surface area contributed by atoms with Crippen LogP contribution in [0.5, 0.6) is 0 Å². The van der Waals surface area contributed by atoms with Crippen LogP contribution in [0.15, 0.2) is 49.2 Å². The molecule has 0 radical (unpaired) electrons. The molecular formula is C14H20N2. The van der Waals surface area contributed by atoms with Gasteiger partial charge in [-0.05, 0) is 37.6 Å². The third-order valence-corrected chi connectivity index (χ3v) is 2.30. The van der Waals surface area contributed by atoms with Crippen molar-refractivity contribution in [2.45, 2.75) is 12.8 Å². The molecule has 86 valence electrons. The molecule has 0 spiro atoms. The number of likely N-dealkylation sites (N-methyl/N-ethyl adjacent to an activating group) is 1. The average Bonchev–Trinajstić information content (AvgIpc) is 2.28. The van der Waals surface area contributed by atoms with E-state index in [1.165, 1.54) is 5.56 Å². The molecule has 0 aromatic heterocycles. The molecule has 0 atom stereocenters. The maximum Gasteiger partial charge on any atom is 0.0382 e. The minimum atomic E-state index is 0.776. The third kappa shape index (κ3) is 4.32. The summed E-state index contributed by atoms with van der Waals surface area (Å²) in [5.74, 6) is 0. The van der Waals surface area contributed by atoms with E-state index in [0.29, 0.717) is 0 Å². The summed E-state index contributed by atoms with van der Waals surface area (Å²) in [4.78, 5) is 0. The molecule has 0 aliphatic rings. The number of allylic oxidation sites excluding steroid dienone is 1. The van der Waals surface area contributed by atoms with Crippen LogP contribution in [0.3, 0.4) is 0 Å². The summed E-state index contributed by atoms with van der Waals surface area (Å²) in [7, 11) is 1.91. The molecule has 0 amide bonds. The van der Waals surface area contributed by atoms with Crippen LogP contribution in [0.25, 0.3) is 0 Å². The predicted octanol–water partition coefficient (Wildman–Crippen LogP) is 2.95. The van der Waals surface area contributed by atoms with Gasteiger partial charge >= 0.3 is 0 Å². The van der Waals surface area contributed by atoms with Crippen molar-refractivity contribution in [3.63, 3.8) is 0 Å². The summed E-state index contributed by atoms with van der Waals surface area (Å²) < 4.78 is 0. The number of rotatable bonds is 7. The van der Waals surface area contributed by atoms with E-state index >= 15 is 0 Å². The number of hydrogen-bond donors (Lipinski definition) is 2. The Morgan fingerprint density at radius 1 is 1.31 bits per heavy atom. The van der Waals surface area contributed by atoms with Crippen LogP contribution in [-0.2, 0) is 6.42 Å². The quantitative estimate of drug-likeness (QED) is 0.685. The standard InChI is InChI=1S/C14H20N2/c1-4-5-6-13-7-9-14(10-8-13)16-12(2)11-15-3/h4,7-10,15-16H,1-2,5-6,11H2,3H3. The minimum Gasteiger partial charge on any atom is -0.358 e. The van der Waals surface area contributed by atoms with Crippen LogP contribution in [0, 0.1) is 0 Å².